The molecule has 2 atom stereocenters. The summed E-state index contributed by atoms with van der Waals surface area (Å²) in [5.41, 5.74) is 2.61. The first kappa shape index (κ1) is 15.9. The normalized spacial score (nSPS) is 14.2. The Morgan fingerprint density at radius 1 is 1.24 bits per heavy atom. The lowest BCUT2D eigenvalue weighted by molar-refractivity contribution is -0.125. The maximum Gasteiger partial charge on any atom is 0.231 e. The van der Waals surface area contributed by atoms with Crippen molar-refractivity contribution >= 4 is 11.8 Å². The molecule has 0 rings (SSSR count). The van der Waals surface area contributed by atoms with Gasteiger partial charge in [-0.15, -0.1) is 0 Å². The van der Waals surface area contributed by atoms with E-state index in [1.165, 1.54) is 13.8 Å². The Morgan fingerprint density at radius 2 is 1.82 bits per heavy atom. The van der Waals surface area contributed by atoms with E-state index in [1.54, 1.807) is 5.01 Å². The summed E-state index contributed by atoms with van der Waals surface area (Å²) in [6, 6.07) is -0.296. The van der Waals surface area contributed by atoms with Crippen molar-refractivity contribution in [1.29, 1.82) is 0 Å². The maximum absolute atomic E-state index is 10.9. The number of carbonyl (C=O) groups excluding carboxylic acids is 2. The first-order chi connectivity index (χ1) is 7.90. The van der Waals surface area contributed by atoms with E-state index in [1.807, 2.05) is 13.8 Å². The third-order valence-electron chi connectivity index (χ3n) is 2.40. The molecule has 0 aliphatic rings. The summed E-state index contributed by atoms with van der Waals surface area (Å²) < 4.78 is 0. The third-order valence-corrected chi connectivity index (χ3v) is 2.40. The quantitative estimate of drug-likeness (QED) is 0.535. The monoisotopic (exact) mass is 245 g/mol. The summed E-state index contributed by atoms with van der Waals surface area (Å²) in [7, 11) is 0. The lowest BCUT2D eigenvalue weighted by atomic mass is 10.1. The smallest absolute Gasteiger partial charge is 0.231 e. The standard InChI is InChI=1S/C11H23N3O3/c1-5-10(12-8(3)15)11(17)7-14(6-2)13-9(4)16/h10-11,17H,5-7H2,1-4H3,(H,12,15)(H,13,16). The number of likely N-dealkylation sites (N-methyl/N-ethyl adjacent to an activating group) is 1. The fraction of sp³-hybridized carbons (Fsp3) is 0.818. The molecular formula is C11H23N3O3. The highest BCUT2D eigenvalue weighted by atomic mass is 16.3. The van der Waals surface area contributed by atoms with E-state index in [4.69, 9.17) is 0 Å². The van der Waals surface area contributed by atoms with Gasteiger partial charge in [-0.1, -0.05) is 13.8 Å². The van der Waals surface area contributed by atoms with E-state index < -0.39 is 6.10 Å². The van der Waals surface area contributed by atoms with Crippen LogP contribution in [0, 0.1) is 0 Å². The molecule has 6 nitrogen and oxygen atoms in total. The van der Waals surface area contributed by atoms with Gasteiger partial charge in [0.25, 0.3) is 0 Å². The van der Waals surface area contributed by atoms with Gasteiger partial charge in [-0.3, -0.25) is 15.0 Å². The van der Waals surface area contributed by atoms with Crippen molar-refractivity contribution in [3.63, 3.8) is 0 Å². The molecule has 0 fully saturated rings. The van der Waals surface area contributed by atoms with E-state index in [0.29, 0.717) is 13.0 Å². The zero-order valence-corrected chi connectivity index (χ0v) is 11.0. The van der Waals surface area contributed by atoms with Crippen molar-refractivity contribution in [2.75, 3.05) is 13.1 Å². The molecule has 0 aliphatic carbocycles. The maximum atomic E-state index is 10.9. The molecule has 0 aromatic rings. The van der Waals surface area contributed by atoms with Gasteiger partial charge in [0, 0.05) is 26.9 Å². The van der Waals surface area contributed by atoms with E-state index in [9.17, 15) is 14.7 Å². The van der Waals surface area contributed by atoms with Crippen LogP contribution in [0.3, 0.4) is 0 Å². The molecule has 0 saturated carbocycles. The average Bonchev–Trinajstić information content (AvgIpc) is 2.23. The van der Waals surface area contributed by atoms with Gasteiger partial charge in [0.15, 0.2) is 0 Å². The summed E-state index contributed by atoms with van der Waals surface area (Å²) in [6.45, 7) is 7.48. The average molecular weight is 245 g/mol. The molecule has 6 heteroatoms. The number of amides is 2. The zero-order valence-electron chi connectivity index (χ0n) is 11.0. The number of aliphatic hydroxyl groups excluding tert-OH is 1. The van der Waals surface area contributed by atoms with Crippen LogP contribution in [0.15, 0.2) is 0 Å². The van der Waals surface area contributed by atoms with Crippen molar-refractivity contribution in [3.8, 4) is 0 Å². The van der Waals surface area contributed by atoms with Gasteiger partial charge in [0.1, 0.15) is 0 Å². The SMILES string of the molecule is CCC(NC(C)=O)C(O)CN(CC)NC(C)=O. The summed E-state index contributed by atoms with van der Waals surface area (Å²) >= 11 is 0. The first-order valence-electron chi connectivity index (χ1n) is 5.88. The Balaban J connectivity index is 4.30. The van der Waals surface area contributed by atoms with Crippen molar-refractivity contribution in [3.05, 3.63) is 0 Å². The number of nitrogens with one attached hydrogen (secondary N) is 2. The van der Waals surface area contributed by atoms with Crippen LogP contribution in [0.1, 0.15) is 34.1 Å². The lowest BCUT2D eigenvalue weighted by Crippen LogP contribution is -2.51. The molecule has 0 saturated heterocycles. The molecule has 0 radical (unpaired) electrons. The minimum atomic E-state index is -0.712. The molecule has 2 unspecified atom stereocenters. The summed E-state index contributed by atoms with van der Waals surface area (Å²) in [5.74, 6) is -0.342. The Bertz CT molecular complexity index is 258. The van der Waals surface area contributed by atoms with E-state index in [2.05, 4.69) is 10.7 Å². The van der Waals surface area contributed by atoms with Crippen molar-refractivity contribution in [2.24, 2.45) is 0 Å². The van der Waals surface area contributed by atoms with Crippen LogP contribution in [-0.2, 0) is 9.59 Å². The van der Waals surface area contributed by atoms with Gasteiger partial charge in [-0.25, -0.2) is 5.01 Å². The predicted molar refractivity (Wildman–Crippen MR) is 65.0 cm³/mol. The van der Waals surface area contributed by atoms with Crippen LogP contribution < -0.4 is 10.7 Å². The van der Waals surface area contributed by atoms with Crippen LogP contribution in [0.4, 0.5) is 0 Å². The molecule has 0 aliphatic heterocycles. The Kier molecular flexibility index (Phi) is 7.49. The van der Waals surface area contributed by atoms with Crippen LogP contribution in [-0.4, -0.2) is 47.2 Å². The number of rotatable bonds is 7. The fourth-order valence-electron chi connectivity index (χ4n) is 1.56. The van der Waals surface area contributed by atoms with Crippen LogP contribution >= 0.6 is 0 Å². The van der Waals surface area contributed by atoms with E-state index in [0.717, 1.165) is 0 Å². The first-order valence-corrected chi connectivity index (χ1v) is 5.88. The second kappa shape index (κ2) is 8.03. The van der Waals surface area contributed by atoms with Gasteiger partial charge in [-0.05, 0) is 6.42 Å². The molecule has 2 amide bonds. The Hall–Kier alpha value is -1.14. The molecule has 3 N–H and O–H groups in total. The van der Waals surface area contributed by atoms with E-state index >= 15 is 0 Å². The minimum Gasteiger partial charge on any atom is -0.390 e. The van der Waals surface area contributed by atoms with Crippen molar-refractivity contribution < 1.29 is 14.7 Å². The van der Waals surface area contributed by atoms with Gasteiger partial charge in [0.2, 0.25) is 11.8 Å². The third kappa shape index (κ3) is 6.91. The van der Waals surface area contributed by atoms with Gasteiger partial charge >= 0.3 is 0 Å². The second-order valence-corrected chi connectivity index (χ2v) is 3.99. The number of aliphatic hydroxyl groups is 1. The number of carbonyl (C=O) groups is 2. The number of hydrazine groups is 1. The highest BCUT2D eigenvalue weighted by molar-refractivity contribution is 5.73. The number of hydrogen-bond acceptors (Lipinski definition) is 4. The minimum absolute atomic E-state index is 0.168. The highest BCUT2D eigenvalue weighted by Crippen LogP contribution is 2.01. The molecular weight excluding hydrogens is 222 g/mol. The van der Waals surface area contributed by atoms with Gasteiger partial charge in [0.05, 0.1) is 12.1 Å². The molecule has 100 valence electrons. The molecule has 0 heterocycles. The molecule has 0 aromatic carbocycles. The summed E-state index contributed by atoms with van der Waals surface area (Å²) in [6.07, 6.45) is -0.0750. The van der Waals surface area contributed by atoms with E-state index in [-0.39, 0.29) is 24.4 Å². The van der Waals surface area contributed by atoms with Gasteiger partial charge < -0.3 is 10.4 Å². The molecule has 0 bridgehead atoms. The molecule has 0 spiro atoms. The summed E-state index contributed by atoms with van der Waals surface area (Å²) in [4.78, 5) is 21.9. The topological polar surface area (TPSA) is 81.7 Å². The molecule has 17 heavy (non-hydrogen) atoms. The lowest BCUT2D eigenvalue weighted by Gasteiger charge is -2.28. The van der Waals surface area contributed by atoms with Crippen LogP contribution in [0.25, 0.3) is 0 Å². The number of nitrogens with zero attached hydrogens (tertiary/aromatic N) is 1. The zero-order chi connectivity index (χ0) is 13.4. The number of hydrogen-bond donors (Lipinski definition) is 3. The van der Waals surface area contributed by atoms with Crippen molar-refractivity contribution in [1.82, 2.24) is 15.8 Å². The molecule has 0 aromatic heterocycles. The Labute approximate surface area is 102 Å². The summed E-state index contributed by atoms with van der Waals surface area (Å²) in [5, 5.41) is 14.3. The van der Waals surface area contributed by atoms with Crippen LogP contribution in [0.5, 0.6) is 0 Å². The fourth-order valence-corrected chi connectivity index (χ4v) is 1.56. The second-order valence-electron chi connectivity index (χ2n) is 3.99. The Morgan fingerprint density at radius 3 is 2.18 bits per heavy atom. The highest BCUT2D eigenvalue weighted by Gasteiger charge is 2.20. The largest absolute Gasteiger partial charge is 0.390 e. The van der Waals surface area contributed by atoms with Crippen LogP contribution in [0.2, 0.25) is 0 Å². The van der Waals surface area contributed by atoms with Crippen molar-refractivity contribution in [2.45, 2.75) is 46.3 Å². The van der Waals surface area contributed by atoms with Gasteiger partial charge in [-0.2, -0.15) is 0 Å². The predicted octanol–water partition coefficient (Wildman–Crippen LogP) is -0.365.